The van der Waals surface area contributed by atoms with Gasteiger partial charge in [0.1, 0.15) is 0 Å². The molecule has 2 N–H and O–H groups in total. The summed E-state index contributed by atoms with van der Waals surface area (Å²) in [6, 6.07) is 1.15. The number of hydrogen-bond acceptors (Lipinski definition) is 3. The maximum absolute atomic E-state index is 5.45. The third-order valence-corrected chi connectivity index (χ3v) is 4.42. The van der Waals surface area contributed by atoms with E-state index in [1.54, 1.807) is 0 Å². The highest BCUT2D eigenvalue weighted by atomic mass is 16.5. The quantitative estimate of drug-likeness (QED) is 0.581. The van der Waals surface area contributed by atoms with Crippen LogP contribution < -0.4 is 10.6 Å². The van der Waals surface area contributed by atoms with Crippen LogP contribution in [0.4, 0.5) is 0 Å². The third-order valence-electron chi connectivity index (χ3n) is 4.42. The molecule has 1 saturated carbocycles. The monoisotopic (exact) mass is 282 g/mol. The van der Waals surface area contributed by atoms with Crippen LogP contribution >= 0.6 is 0 Å². The molecule has 0 aromatic rings. The molecule has 0 aromatic heterocycles. The zero-order chi connectivity index (χ0) is 14.5. The molecule has 2 aliphatic rings. The van der Waals surface area contributed by atoms with Crippen LogP contribution in [0.3, 0.4) is 0 Å². The van der Waals surface area contributed by atoms with E-state index in [0.29, 0.717) is 18.0 Å². The molecule has 2 fully saturated rings. The number of hydrogen-bond donors (Lipinski definition) is 2. The topological polar surface area (TPSA) is 48.9 Å². The lowest BCUT2D eigenvalue weighted by molar-refractivity contribution is 0.00752. The van der Waals surface area contributed by atoms with Gasteiger partial charge in [-0.25, -0.2) is 0 Å². The fourth-order valence-electron chi connectivity index (χ4n) is 2.79. The smallest absolute Gasteiger partial charge is 0.191 e. The number of aliphatic imine (C=N–C) groups is 1. The van der Waals surface area contributed by atoms with Gasteiger partial charge in [0.25, 0.3) is 0 Å². The average molecular weight is 282 g/mol. The second-order valence-corrected chi connectivity index (χ2v) is 6.38. The van der Waals surface area contributed by atoms with E-state index >= 15 is 0 Å². The summed E-state index contributed by atoms with van der Waals surface area (Å²) in [6.07, 6.45) is 1.26. The first kappa shape index (κ1) is 15.6. The van der Waals surface area contributed by atoms with Crippen LogP contribution in [0.1, 0.15) is 27.2 Å². The minimum absolute atomic E-state index is 0.536. The Morgan fingerprint density at radius 3 is 2.50 bits per heavy atom. The van der Waals surface area contributed by atoms with Gasteiger partial charge in [0.2, 0.25) is 0 Å². The molecule has 5 heteroatoms. The Bertz CT molecular complexity index is 326. The summed E-state index contributed by atoms with van der Waals surface area (Å²) in [4.78, 5) is 6.87. The van der Waals surface area contributed by atoms with Gasteiger partial charge in [-0.3, -0.25) is 9.89 Å². The largest absolute Gasteiger partial charge is 0.379 e. The maximum Gasteiger partial charge on any atom is 0.191 e. The molecular formula is C15H30N4O. The predicted octanol–water partition coefficient (Wildman–Crippen LogP) is 0.917. The molecule has 1 aliphatic heterocycles. The summed E-state index contributed by atoms with van der Waals surface area (Å²) in [5, 5.41) is 6.98. The number of guanidine groups is 1. The molecule has 0 radical (unpaired) electrons. The van der Waals surface area contributed by atoms with Gasteiger partial charge in [-0.2, -0.15) is 0 Å². The van der Waals surface area contributed by atoms with Gasteiger partial charge in [-0.15, -0.1) is 0 Å². The summed E-state index contributed by atoms with van der Waals surface area (Å²) >= 11 is 0. The molecule has 0 spiro atoms. The molecule has 0 aromatic carbocycles. The molecule has 0 amide bonds. The highest BCUT2D eigenvalue weighted by molar-refractivity contribution is 5.80. The van der Waals surface area contributed by atoms with Crippen LogP contribution in [0.2, 0.25) is 0 Å². The molecule has 1 saturated heterocycles. The van der Waals surface area contributed by atoms with Crippen molar-refractivity contribution < 1.29 is 4.74 Å². The lowest BCUT2D eigenvalue weighted by Crippen LogP contribution is -2.52. The van der Waals surface area contributed by atoms with Crippen LogP contribution in [-0.4, -0.2) is 62.8 Å². The molecular weight excluding hydrogens is 252 g/mol. The summed E-state index contributed by atoms with van der Waals surface area (Å²) in [7, 11) is 1.85. The molecule has 1 aliphatic carbocycles. The Morgan fingerprint density at radius 1 is 1.35 bits per heavy atom. The predicted molar refractivity (Wildman–Crippen MR) is 83.1 cm³/mol. The maximum atomic E-state index is 5.45. The normalized spacial score (nSPS) is 29.4. The highest BCUT2D eigenvalue weighted by Crippen LogP contribution is 2.28. The number of nitrogens with one attached hydrogen (secondary N) is 2. The van der Waals surface area contributed by atoms with Gasteiger partial charge in [-0.1, -0.05) is 20.8 Å². The Balaban J connectivity index is 1.81. The Morgan fingerprint density at radius 2 is 2.00 bits per heavy atom. The second kappa shape index (κ2) is 7.27. The van der Waals surface area contributed by atoms with Gasteiger partial charge in [0.05, 0.1) is 13.2 Å². The minimum Gasteiger partial charge on any atom is -0.379 e. The number of nitrogens with zero attached hydrogens (tertiary/aromatic N) is 2. The Hall–Kier alpha value is -0.810. The number of morpholine rings is 1. The average Bonchev–Trinajstić information content (AvgIpc) is 3.14. The van der Waals surface area contributed by atoms with E-state index < -0.39 is 0 Å². The van der Waals surface area contributed by atoms with Crippen molar-refractivity contribution in [3.63, 3.8) is 0 Å². The number of rotatable bonds is 5. The van der Waals surface area contributed by atoms with Crippen LogP contribution in [0.5, 0.6) is 0 Å². The van der Waals surface area contributed by atoms with Gasteiger partial charge < -0.3 is 15.4 Å². The van der Waals surface area contributed by atoms with Crippen molar-refractivity contribution in [1.82, 2.24) is 15.5 Å². The van der Waals surface area contributed by atoms with E-state index in [4.69, 9.17) is 4.74 Å². The van der Waals surface area contributed by atoms with Crippen molar-refractivity contribution in [1.29, 1.82) is 0 Å². The lowest BCUT2D eigenvalue weighted by atomic mass is 10.0. The van der Waals surface area contributed by atoms with Crippen molar-refractivity contribution in [3.8, 4) is 0 Å². The summed E-state index contributed by atoms with van der Waals surface area (Å²) in [5.41, 5.74) is 0. The van der Waals surface area contributed by atoms with E-state index in [2.05, 4.69) is 41.3 Å². The van der Waals surface area contributed by atoms with E-state index in [9.17, 15) is 0 Å². The van der Waals surface area contributed by atoms with Gasteiger partial charge in [0, 0.05) is 38.8 Å². The fraction of sp³-hybridized carbons (Fsp3) is 0.933. The highest BCUT2D eigenvalue weighted by Gasteiger charge is 2.33. The lowest BCUT2D eigenvalue weighted by Gasteiger charge is -2.37. The molecule has 2 rings (SSSR count). The zero-order valence-electron chi connectivity index (χ0n) is 13.4. The van der Waals surface area contributed by atoms with E-state index in [1.807, 2.05) is 7.05 Å². The first-order valence-corrected chi connectivity index (χ1v) is 7.90. The van der Waals surface area contributed by atoms with E-state index in [-0.39, 0.29) is 0 Å². The van der Waals surface area contributed by atoms with E-state index in [1.165, 1.54) is 6.42 Å². The van der Waals surface area contributed by atoms with E-state index in [0.717, 1.165) is 44.7 Å². The summed E-state index contributed by atoms with van der Waals surface area (Å²) < 4.78 is 5.45. The van der Waals surface area contributed by atoms with Crippen molar-refractivity contribution in [2.24, 2.45) is 16.8 Å². The van der Waals surface area contributed by atoms with Crippen LogP contribution in [0, 0.1) is 11.8 Å². The van der Waals surface area contributed by atoms with Gasteiger partial charge >= 0.3 is 0 Å². The van der Waals surface area contributed by atoms with Gasteiger partial charge in [-0.05, 0) is 18.3 Å². The first-order valence-electron chi connectivity index (χ1n) is 7.90. The SMILES string of the molecule is CN=C(NCC(C(C)C)N1CCOCC1)NC1CC1C. The van der Waals surface area contributed by atoms with Crippen LogP contribution in [0.15, 0.2) is 4.99 Å². The van der Waals surface area contributed by atoms with Crippen molar-refractivity contribution in [2.75, 3.05) is 39.9 Å². The molecule has 0 bridgehead atoms. The summed E-state index contributed by atoms with van der Waals surface area (Å²) in [5.74, 6) is 2.35. The first-order chi connectivity index (χ1) is 9.61. The van der Waals surface area contributed by atoms with Crippen molar-refractivity contribution >= 4 is 5.96 Å². The molecule has 1 heterocycles. The molecule has 3 unspecified atom stereocenters. The Labute approximate surface area is 123 Å². The number of ether oxygens (including phenoxy) is 1. The molecule has 116 valence electrons. The fourth-order valence-corrected chi connectivity index (χ4v) is 2.79. The van der Waals surface area contributed by atoms with Crippen LogP contribution in [-0.2, 0) is 4.74 Å². The van der Waals surface area contributed by atoms with Gasteiger partial charge in [0.15, 0.2) is 5.96 Å². The Kier molecular flexibility index (Phi) is 5.66. The van der Waals surface area contributed by atoms with Crippen LogP contribution in [0.25, 0.3) is 0 Å². The molecule has 20 heavy (non-hydrogen) atoms. The van der Waals surface area contributed by atoms with Crippen molar-refractivity contribution in [2.45, 2.75) is 39.3 Å². The molecule has 3 atom stereocenters. The summed E-state index contributed by atoms with van der Waals surface area (Å²) in [6.45, 7) is 11.6. The minimum atomic E-state index is 0.536. The standard InChI is InChI=1S/C15H30N4O/c1-11(2)14(19-5-7-20-8-6-19)10-17-15(16-4)18-13-9-12(13)3/h11-14H,5-10H2,1-4H3,(H2,16,17,18). The zero-order valence-corrected chi connectivity index (χ0v) is 13.4. The second-order valence-electron chi connectivity index (χ2n) is 6.38. The van der Waals surface area contributed by atoms with Crippen molar-refractivity contribution in [3.05, 3.63) is 0 Å². The third kappa shape index (κ3) is 4.35. The molecule has 5 nitrogen and oxygen atoms in total.